The zero-order valence-corrected chi connectivity index (χ0v) is 17.6. The third-order valence-corrected chi connectivity index (χ3v) is 5.45. The third kappa shape index (κ3) is 3.97. The Balaban J connectivity index is 1.63. The van der Waals surface area contributed by atoms with E-state index in [0.29, 0.717) is 27.2 Å². The van der Waals surface area contributed by atoms with Crippen molar-refractivity contribution < 1.29 is 4.74 Å². The van der Waals surface area contributed by atoms with Crippen LogP contribution in [0.25, 0.3) is 22.0 Å². The first-order valence-electron chi connectivity index (χ1n) is 9.04. The number of nitrogens with one attached hydrogen (secondary N) is 1. The Morgan fingerprint density at radius 2 is 1.79 bits per heavy atom. The highest BCUT2D eigenvalue weighted by Gasteiger charge is 2.11. The van der Waals surface area contributed by atoms with Gasteiger partial charge in [-0.25, -0.2) is 4.98 Å². The van der Waals surface area contributed by atoms with E-state index in [4.69, 9.17) is 33.7 Å². The lowest BCUT2D eigenvalue weighted by Gasteiger charge is -2.12. The van der Waals surface area contributed by atoms with Gasteiger partial charge in [-0.2, -0.15) is 0 Å². The number of halogens is 2. The Morgan fingerprint density at radius 3 is 2.52 bits per heavy atom. The van der Waals surface area contributed by atoms with Crippen molar-refractivity contribution >= 4 is 45.7 Å². The minimum absolute atomic E-state index is 0.205. The molecule has 2 aromatic carbocycles. The number of pyridine rings is 1. The Labute approximate surface area is 179 Å². The molecule has 4 rings (SSSR count). The molecule has 0 amide bonds. The lowest BCUT2D eigenvalue weighted by Crippen LogP contribution is -2.08. The fourth-order valence-electron chi connectivity index (χ4n) is 3.09. The summed E-state index contributed by atoms with van der Waals surface area (Å²) in [5, 5.41) is 2.22. The molecule has 29 heavy (non-hydrogen) atoms. The van der Waals surface area contributed by atoms with E-state index in [1.54, 1.807) is 24.4 Å². The predicted molar refractivity (Wildman–Crippen MR) is 121 cm³/mol. The van der Waals surface area contributed by atoms with Crippen molar-refractivity contribution in [3.05, 3.63) is 70.3 Å². The summed E-state index contributed by atoms with van der Waals surface area (Å²) >= 11 is 12.4. The maximum Gasteiger partial charge on any atom is 0.166 e. The molecular formula is C22H20Cl2N4O. The molecule has 0 aliphatic carbocycles. The maximum atomic E-state index is 6.22. The molecule has 0 aliphatic rings. The number of H-pyrrole nitrogens is 1. The first-order chi connectivity index (χ1) is 13.9. The smallest absolute Gasteiger partial charge is 0.166 e. The van der Waals surface area contributed by atoms with Gasteiger partial charge in [0.15, 0.2) is 11.6 Å². The summed E-state index contributed by atoms with van der Waals surface area (Å²) in [4.78, 5) is 9.72. The molecule has 7 heteroatoms. The number of hydrogen-bond acceptors (Lipinski definition) is 4. The predicted octanol–water partition coefficient (Wildman–Crippen LogP) is 5.76. The number of aromatic amines is 1. The van der Waals surface area contributed by atoms with E-state index in [0.717, 1.165) is 27.8 Å². The number of nitrogens with two attached hydrogens (primary N) is 1. The van der Waals surface area contributed by atoms with Gasteiger partial charge in [-0.15, -0.1) is 0 Å². The number of ether oxygens (including phenoxy) is 1. The van der Waals surface area contributed by atoms with Crippen LogP contribution in [-0.4, -0.2) is 24.1 Å². The molecule has 0 saturated carbocycles. The van der Waals surface area contributed by atoms with Gasteiger partial charge >= 0.3 is 0 Å². The summed E-state index contributed by atoms with van der Waals surface area (Å²) in [5.41, 5.74) is 9.74. The Hall–Kier alpha value is -2.89. The van der Waals surface area contributed by atoms with Gasteiger partial charge in [-0.1, -0.05) is 35.3 Å². The van der Waals surface area contributed by atoms with Gasteiger partial charge in [0.1, 0.15) is 12.4 Å². The fourth-order valence-corrected chi connectivity index (χ4v) is 3.59. The van der Waals surface area contributed by atoms with Crippen molar-refractivity contribution in [3.63, 3.8) is 0 Å². The van der Waals surface area contributed by atoms with Crippen LogP contribution in [0.4, 0.5) is 11.6 Å². The van der Waals surface area contributed by atoms with Crippen LogP contribution < -0.4 is 15.4 Å². The quantitative estimate of drug-likeness (QED) is 0.425. The second-order valence-electron chi connectivity index (χ2n) is 6.95. The highest BCUT2D eigenvalue weighted by Crippen LogP contribution is 2.32. The van der Waals surface area contributed by atoms with Gasteiger partial charge in [0, 0.05) is 52.4 Å². The van der Waals surface area contributed by atoms with Gasteiger partial charge in [-0.05, 0) is 42.0 Å². The molecule has 0 spiro atoms. The van der Waals surface area contributed by atoms with E-state index in [2.05, 4.69) is 28.2 Å². The summed E-state index contributed by atoms with van der Waals surface area (Å²) in [6, 6.07) is 15.5. The largest absolute Gasteiger partial charge is 0.485 e. The van der Waals surface area contributed by atoms with Crippen molar-refractivity contribution in [2.24, 2.45) is 0 Å². The molecule has 4 aromatic rings. The van der Waals surface area contributed by atoms with Crippen LogP contribution in [0.3, 0.4) is 0 Å². The van der Waals surface area contributed by atoms with Crippen LogP contribution in [0.15, 0.2) is 54.7 Å². The molecule has 0 bridgehead atoms. The lowest BCUT2D eigenvalue weighted by atomic mass is 10.1. The summed E-state index contributed by atoms with van der Waals surface area (Å²) in [6.45, 7) is 0.205. The normalized spacial score (nSPS) is 11.0. The summed E-state index contributed by atoms with van der Waals surface area (Å²) in [6.07, 6.45) is 1.74. The summed E-state index contributed by atoms with van der Waals surface area (Å²) in [5.74, 6) is 1.85. The lowest BCUT2D eigenvalue weighted by molar-refractivity contribution is 0.307. The van der Waals surface area contributed by atoms with Gasteiger partial charge in [-0.3, -0.25) is 0 Å². The van der Waals surface area contributed by atoms with Gasteiger partial charge in [0.2, 0.25) is 0 Å². The number of nitrogen functional groups attached to an aromatic ring is 1. The first kappa shape index (κ1) is 19.4. The molecule has 0 aliphatic heterocycles. The molecule has 3 N–H and O–H groups in total. The maximum absolute atomic E-state index is 6.22. The zero-order valence-electron chi connectivity index (χ0n) is 16.0. The minimum atomic E-state index is 0.205. The molecule has 2 heterocycles. The van der Waals surface area contributed by atoms with Crippen LogP contribution in [0.5, 0.6) is 5.75 Å². The zero-order chi connectivity index (χ0) is 20.5. The number of nitrogens with zero attached hydrogens (tertiary/aromatic N) is 2. The number of fused-ring (bicyclic) bond motifs is 1. The van der Waals surface area contributed by atoms with Crippen LogP contribution in [0.2, 0.25) is 10.0 Å². The van der Waals surface area contributed by atoms with Gasteiger partial charge in [0.05, 0.1) is 0 Å². The van der Waals surface area contributed by atoms with E-state index in [1.807, 2.05) is 31.1 Å². The number of aromatic nitrogens is 2. The number of hydrogen-bond donors (Lipinski definition) is 2. The Morgan fingerprint density at radius 1 is 1.03 bits per heavy atom. The second kappa shape index (κ2) is 7.85. The molecule has 0 atom stereocenters. The molecule has 0 radical (unpaired) electrons. The first-order valence-corrected chi connectivity index (χ1v) is 9.79. The number of rotatable bonds is 5. The third-order valence-electron chi connectivity index (χ3n) is 4.74. The monoisotopic (exact) mass is 426 g/mol. The summed E-state index contributed by atoms with van der Waals surface area (Å²) < 4.78 is 5.90. The Bertz CT molecular complexity index is 1170. The van der Waals surface area contributed by atoms with Crippen LogP contribution >= 0.6 is 23.2 Å². The van der Waals surface area contributed by atoms with Crippen LogP contribution in [0, 0.1) is 0 Å². The molecular weight excluding hydrogens is 407 g/mol. The molecule has 0 fully saturated rings. The van der Waals surface area contributed by atoms with E-state index in [-0.39, 0.29) is 6.61 Å². The molecule has 2 aromatic heterocycles. The molecule has 0 unspecified atom stereocenters. The number of benzene rings is 2. The highest BCUT2D eigenvalue weighted by molar-refractivity contribution is 6.35. The van der Waals surface area contributed by atoms with E-state index < -0.39 is 0 Å². The molecule has 5 nitrogen and oxygen atoms in total. The Kier molecular flexibility index (Phi) is 5.26. The number of anilines is 2. The van der Waals surface area contributed by atoms with Crippen molar-refractivity contribution in [2.75, 3.05) is 24.7 Å². The van der Waals surface area contributed by atoms with Gasteiger partial charge < -0.3 is 20.4 Å². The van der Waals surface area contributed by atoms with E-state index in [9.17, 15) is 0 Å². The minimum Gasteiger partial charge on any atom is -0.485 e. The molecule has 0 saturated heterocycles. The average Bonchev–Trinajstić information content (AvgIpc) is 3.12. The van der Waals surface area contributed by atoms with E-state index >= 15 is 0 Å². The van der Waals surface area contributed by atoms with Crippen molar-refractivity contribution in [1.29, 1.82) is 0 Å². The average molecular weight is 427 g/mol. The summed E-state index contributed by atoms with van der Waals surface area (Å²) in [7, 11) is 4.01. The van der Waals surface area contributed by atoms with Crippen molar-refractivity contribution in [1.82, 2.24) is 9.97 Å². The van der Waals surface area contributed by atoms with E-state index in [1.165, 1.54) is 0 Å². The van der Waals surface area contributed by atoms with Crippen LogP contribution in [-0.2, 0) is 6.61 Å². The molecule has 148 valence electrons. The fraction of sp³-hybridized carbons (Fsp3) is 0.136. The van der Waals surface area contributed by atoms with Crippen molar-refractivity contribution in [3.8, 4) is 16.9 Å². The van der Waals surface area contributed by atoms with Crippen LogP contribution in [0.1, 0.15) is 5.56 Å². The van der Waals surface area contributed by atoms with Gasteiger partial charge in [0.25, 0.3) is 0 Å². The highest BCUT2D eigenvalue weighted by atomic mass is 35.5. The SMILES string of the molecule is CN(C)c1cc2cc(-c3cnc(N)c(OCc4c(Cl)cccc4Cl)c3)ccc2[nH]1. The topological polar surface area (TPSA) is 67.2 Å². The second-order valence-corrected chi connectivity index (χ2v) is 7.76. The standard InChI is InChI=1S/C22H20Cl2N4O/c1-28(2)21-10-14-8-13(6-7-19(14)27-21)15-9-20(22(25)26-11-15)29-12-16-17(23)4-3-5-18(16)24/h3-11,27H,12H2,1-2H3,(H2,25,26). The van der Waals surface area contributed by atoms with Crippen molar-refractivity contribution in [2.45, 2.75) is 6.61 Å².